The number of aliphatic hydroxyl groups is 1. The molecule has 1 aromatic heterocycles. The molecule has 0 saturated carbocycles. The molecule has 94 valence electrons. The highest BCUT2D eigenvalue weighted by atomic mass is 16.4. The van der Waals surface area contributed by atoms with Crippen LogP contribution in [0.25, 0.3) is 0 Å². The van der Waals surface area contributed by atoms with E-state index >= 15 is 0 Å². The van der Waals surface area contributed by atoms with Crippen molar-refractivity contribution in [3.8, 4) is 0 Å². The van der Waals surface area contributed by atoms with Crippen molar-refractivity contribution in [2.75, 3.05) is 13.1 Å². The van der Waals surface area contributed by atoms with Gasteiger partial charge < -0.3 is 9.52 Å². The summed E-state index contributed by atoms with van der Waals surface area (Å²) in [5.74, 6) is 0.647. The van der Waals surface area contributed by atoms with Crippen LogP contribution in [0.3, 0.4) is 0 Å². The summed E-state index contributed by atoms with van der Waals surface area (Å²) in [7, 11) is 0. The molecular weight excluding hydrogens is 226 g/mol. The number of fused-ring (bicyclic) bond motifs is 1. The topological polar surface area (TPSA) is 36.6 Å². The highest BCUT2D eigenvalue weighted by Gasteiger charge is 2.20. The molecule has 0 radical (unpaired) electrons. The van der Waals surface area contributed by atoms with Crippen LogP contribution in [0, 0.1) is 0 Å². The zero-order valence-corrected chi connectivity index (χ0v) is 10.2. The summed E-state index contributed by atoms with van der Waals surface area (Å²) in [6.07, 6.45) is 2.12. The normalized spacial score (nSPS) is 17.4. The van der Waals surface area contributed by atoms with Crippen LogP contribution in [-0.2, 0) is 13.0 Å². The van der Waals surface area contributed by atoms with Gasteiger partial charge in [-0.1, -0.05) is 24.3 Å². The fourth-order valence-electron chi connectivity index (χ4n) is 2.53. The predicted octanol–water partition coefficient (Wildman–Crippen LogP) is 2.37. The average molecular weight is 243 g/mol. The maximum Gasteiger partial charge on any atom is 0.133 e. The van der Waals surface area contributed by atoms with Crippen LogP contribution in [0.2, 0.25) is 0 Å². The van der Waals surface area contributed by atoms with E-state index in [0.717, 1.165) is 19.5 Å². The first-order valence-electron chi connectivity index (χ1n) is 6.33. The van der Waals surface area contributed by atoms with Gasteiger partial charge in [0, 0.05) is 19.6 Å². The lowest BCUT2D eigenvalue weighted by atomic mass is 9.99. The molecule has 1 aromatic carbocycles. The Labute approximate surface area is 107 Å². The number of hydrogen-bond acceptors (Lipinski definition) is 3. The molecule has 18 heavy (non-hydrogen) atoms. The van der Waals surface area contributed by atoms with Crippen molar-refractivity contribution >= 4 is 0 Å². The van der Waals surface area contributed by atoms with Crippen LogP contribution in [0.5, 0.6) is 0 Å². The van der Waals surface area contributed by atoms with Gasteiger partial charge in [0.05, 0.1) is 6.26 Å². The second kappa shape index (κ2) is 4.96. The number of β-amino-alcohol motifs (C(OH)–C–C–N with tert-alkyl or cyclic N) is 1. The van der Waals surface area contributed by atoms with E-state index in [-0.39, 0.29) is 0 Å². The van der Waals surface area contributed by atoms with Crippen LogP contribution in [0.15, 0.2) is 47.1 Å². The molecule has 1 atom stereocenters. The molecule has 1 unspecified atom stereocenters. The molecule has 0 amide bonds. The second-order valence-corrected chi connectivity index (χ2v) is 4.79. The van der Waals surface area contributed by atoms with Gasteiger partial charge in [0.15, 0.2) is 0 Å². The first kappa shape index (κ1) is 11.5. The monoisotopic (exact) mass is 243 g/mol. The maximum absolute atomic E-state index is 10.1. The third-order valence-electron chi connectivity index (χ3n) is 3.51. The Morgan fingerprint density at radius 3 is 2.78 bits per heavy atom. The van der Waals surface area contributed by atoms with E-state index in [1.165, 1.54) is 11.1 Å². The number of aliphatic hydroxyl groups excluding tert-OH is 1. The molecule has 0 bridgehead atoms. The summed E-state index contributed by atoms with van der Waals surface area (Å²) in [5.41, 5.74) is 2.80. The Hall–Kier alpha value is -1.58. The average Bonchev–Trinajstić information content (AvgIpc) is 2.92. The SMILES string of the molecule is OC(CN1CCc2ccccc2C1)c1ccco1. The zero-order valence-electron chi connectivity index (χ0n) is 10.2. The Morgan fingerprint density at radius 1 is 1.17 bits per heavy atom. The van der Waals surface area contributed by atoms with Crippen LogP contribution in [0.4, 0.5) is 0 Å². The Kier molecular flexibility index (Phi) is 3.17. The minimum Gasteiger partial charge on any atom is -0.467 e. The molecule has 1 N–H and O–H groups in total. The molecule has 1 aliphatic heterocycles. The van der Waals surface area contributed by atoms with Crippen molar-refractivity contribution < 1.29 is 9.52 Å². The number of rotatable bonds is 3. The van der Waals surface area contributed by atoms with Crippen LogP contribution in [-0.4, -0.2) is 23.1 Å². The summed E-state index contributed by atoms with van der Waals surface area (Å²) in [6.45, 7) is 2.53. The largest absolute Gasteiger partial charge is 0.467 e. The van der Waals surface area contributed by atoms with E-state index in [4.69, 9.17) is 4.42 Å². The maximum atomic E-state index is 10.1. The van der Waals surface area contributed by atoms with Crippen molar-refractivity contribution in [1.82, 2.24) is 4.90 Å². The van der Waals surface area contributed by atoms with E-state index in [1.807, 2.05) is 12.1 Å². The molecule has 0 aliphatic carbocycles. The summed E-state index contributed by atoms with van der Waals surface area (Å²) < 4.78 is 5.23. The number of nitrogens with zero attached hydrogens (tertiary/aromatic N) is 1. The third-order valence-corrected chi connectivity index (χ3v) is 3.51. The molecule has 2 aromatic rings. The van der Waals surface area contributed by atoms with Gasteiger partial charge in [-0.3, -0.25) is 4.90 Å². The molecule has 0 fully saturated rings. The van der Waals surface area contributed by atoms with Crippen LogP contribution in [0.1, 0.15) is 23.0 Å². The number of benzene rings is 1. The van der Waals surface area contributed by atoms with Gasteiger partial charge in [0.25, 0.3) is 0 Å². The highest BCUT2D eigenvalue weighted by Crippen LogP contribution is 2.21. The lowest BCUT2D eigenvalue weighted by Gasteiger charge is -2.29. The molecule has 2 heterocycles. The molecule has 0 saturated heterocycles. The molecule has 3 nitrogen and oxygen atoms in total. The van der Waals surface area contributed by atoms with E-state index < -0.39 is 6.10 Å². The molecule has 0 spiro atoms. The fraction of sp³-hybridized carbons (Fsp3) is 0.333. The summed E-state index contributed by atoms with van der Waals surface area (Å²) in [6, 6.07) is 12.2. The van der Waals surface area contributed by atoms with Gasteiger partial charge in [-0.25, -0.2) is 0 Å². The van der Waals surface area contributed by atoms with Crippen molar-refractivity contribution in [3.05, 3.63) is 59.5 Å². The summed E-state index contributed by atoms with van der Waals surface area (Å²) in [5, 5.41) is 10.1. The fourth-order valence-corrected chi connectivity index (χ4v) is 2.53. The van der Waals surface area contributed by atoms with Crippen molar-refractivity contribution in [1.29, 1.82) is 0 Å². The van der Waals surface area contributed by atoms with Crippen molar-refractivity contribution in [2.24, 2.45) is 0 Å². The summed E-state index contributed by atoms with van der Waals surface area (Å²) in [4.78, 5) is 2.27. The van der Waals surface area contributed by atoms with Gasteiger partial charge >= 0.3 is 0 Å². The first-order chi connectivity index (χ1) is 8.83. The predicted molar refractivity (Wildman–Crippen MR) is 69.1 cm³/mol. The Morgan fingerprint density at radius 2 is 2.00 bits per heavy atom. The van der Waals surface area contributed by atoms with Crippen LogP contribution >= 0.6 is 0 Å². The van der Waals surface area contributed by atoms with Gasteiger partial charge in [-0.15, -0.1) is 0 Å². The van der Waals surface area contributed by atoms with E-state index in [0.29, 0.717) is 12.3 Å². The molecule has 3 rings (SSSR count). The number of furan rings is 1. The standard InChI is InChI=1S/C15H17NO2/c17-14(15-6-3-9-18-15)11-16-8-7-12-4-1-2-5-13(12)10-16/h1-6,9,14,17H,7-8,10-11H2. The number of hydrogen-bond donors (Lipinski definition) is 1. The van der Waals surface area contributed by atoms with Gasteiger partial charge in [0.1, 0.15) is 11.9 Å². The van der Waals surface area contributed by atoms with Gasteiger partial charge in [0.2, 0.25) is 0 Å². The third kappa shape index (κ3) is 2.33. The minimum atomic E-state index is -0.537. The molecule has 1 aliphatic rings. The van der Waals surface area contributed by atoms with Crippen molar-refractivity contribution in [3.63, 3.8) is 0 Å². The zero-order chi connectivity index (χ0) is 12.4. The van der Waals surface area contributed by atoms with Gasteiger partial charge in [-0.05, 0) is 29.7 Å². The lowest BCUT2D eigenvalue weighted by molar-refractivity contribution is 0.0883. The highest BCUT2D eigenvalue weighted by molar-refractivity contribution is 5.29. The lowest BCUT2D eigenvalue weighted by Crippen LogP contribution is -2.33. The smallest absolute Gasteiger partial charge is 0.133 e. The minimum absolute atomic E-state index is 0.537. The Bertz CT molecular complexity index is 507. The second-order valence-electron chi connectivity index (χ2n) is 4.79. The van der Waals surface area contributed by atoms with Crippen molar-refractivity contribution in [2.45, 2.75) is 19.1 Å². The molecular formula is C15H17NO2. The Balaban J connectivity index is 1.66. The van der Waals surface area contributed by atoms with Crippen LogP contribution < -0.4 is 0 Å². The summed E-state index contributed by atoms with van der Waals surface area (Å²) >= 11 is 0. The molecule has 3 heteroatoms. The van der Waals surface area contributed by atoms with Gasteiger partial charge in [-0.2, -0.15) is 0 Å². The first-order valence-corrected chi connectivity index (χ1v) is 6.33. The van der Waals surface area contributed by atoms with E-state index in [2.05, 4.69) is 29.2 Å². The quantitative estimate of drug-likeness (QED) is 0.899. The van der Waals surface area contributed by atoms with E-state index in [1.54, 1.807) is 6.26 Å². The van der Waals surface area contributed by atoms with E-state index in [9.17, 15) is 5.11 Å².